The summed E-state index contributed by atoms with van der Waals surface area (Å²) in [5, 5.41) is 33.8. The number of nitrogens with two attached hydrogens (primary N) is 2. The minimum atomic E-state index is -1.51. The monoisotopic (exact) mass is 419 g/mol. The normalized spacial score (nSPS) is 14.8. The van der Waals surface area contributed by atoms with Crippen molar-refractivity contribution >= 4 is 29.7 Å². The zero-order chi connectivity index (χ0) is 22.6. The highest BCUT2D eigenvalue weighted by atomic mass is 16.4. The van der Waals surface area contributed by atoms with Crippen LogP contribution >= 0.6 is 0 Å². The van der Waals surface area contributed by atoms with Crippen LogP contribution in [0.25, 0.3) is 0 Å². The van der Waals surface area contributed by atoms with Crippen LogP contribution in [0.15, 0.2) is 0 Å². The first-order valence-corrected chi connectivity index (χ1v) is 8.95. The highest BCUT2D eigenvalue weighted by Crippen LogP contribution is 2.04. The van der Waals surface area contributed by atoms with Crippen molar-refractivity contribution in [2.45, 2.75) is 56.8 Å². The quantitative estimate of drug-likeness (QED) is 0.129. The fraction of sp³-hybridized carbons (Fsp3) is 0.688. The van der Waals surface area contributed by atoms with E-state index in [2.05, 4.69) is 16.0 Å². The predicted octanol–water partition coefficient (Wildman–Crippen LogP) is -3.53. The van der Waals surface area contributed by atoms with E-state index in [9.17, 15) is 29.1 Å². The summed E-state index contributed by atoms with van der Waals surface area (Å²) in [6.45, 7) is 0.912. The lowest BCUT2D eigenvalue weighted by Crippen LogP contribution is -2.59. The lowest BCUT2D eigenvalue weighted by atomic mass is 10.1. The number of aliphatic hydroxyl groups is 1. The standard InChI is InChI=1S/C16H29N5O8/c1-8(22)13(21-14(27)9(18)6-11(23)24)16(29)20-10(4-2-3-5-17)15(28)19-7-12(25)26/h8-10,13,22H,2-7,17-18H2,1H3,(H,19,28)(H,20,29)(H,21,27)(H,23,24)(H,25,26). The smallest absolute Gasteiger partial charge is 0.322 e. The second-order valence-electron chi connectivity index (χ2n) is 6.39. The molecular formula is C16H29N5O8. The van der Waals surface area contributed by atoms with Gasteiger partial charge in [0.1, 0.15) is 18.6 Å². The molecule has 0 aliphatic heterocycles. The van der Waals surface area contributed by atoms with Crippen LogP contribution in [-0.2, 0) is 24.0 Å². The van der Waals surface area contributed by atoms with Crippen molar-refractivity contribution in [2.75, 3.05) is 13.1 Å². The van der Waals surface area contributed by atoms with Gasteiger partial charge in [0, 0.05) is 0 Å². The molecule has 10 N–H and O–H groups in total. The molecule has 0 rings (SSSR count). The van der Waals surface area contributed by atoms with Crippen molar-refractivity contribution in [3.63, 3.8) is 0 Å². The van der Waals surface area contributed by atoms with Crippen LogP contribution in [0.4, 0.5) is 0 Å². The van der Waals surface area contributed by atoms with Gasteiger partial charge in [-0.3, -0.25) is 24.0 Å². The Morgan fingerprint density at radius 3 is 2.03 bits per heavy atom. The summed E-state index contributed by atoms with van der Waals surface area (Å²) in [6.07, 6.45) is -0.911. The van der Waals surface area contributed by atoms with Crippen molar-refractivity contribution in [2.24, 2.45) is 11.5 Å². The molecule has 13 heteroatoms. The first kappa shape index (κ1) is 26.2. The van der Waals surface area contributed by atoms with E-state index in [1.807, 2.05) is 0 Å². The number of carbonyl (C=O) groups excluding carboxylic acids is 3. The maximum absolute atomic E-state index is 12.5. The maximum atomic E-state index is 12.5. The Bertz CT molecular complexity index is 598. The minimum absolute atomic E-state index is 0.146. The number of carbonyl (C=O) groups is 5. The largest absolute Gasteiger partial charge is 0.481 e. The van der Waals surface area contributed by atoms with E-state index >= 15 is 0 Å². The first-order valence-electron chi connectivity index (χ1n) is 8.95. The molecule has 13 nitrogen and oxygen atoms in total. The van der Waals surface area contributed by atoms with E-state index in [4.69, 9.17) is 21.7 Å². The van der Waals surface area contributed by atoms with Gasteiger partial charge in [0.25, 0.3) is 0 Å². The summed E-state index contributed by atoms with van der Waals surface area (Å²) in [4.78, 5) is 57.9. The molecule has 0 fully saturated rings. The van der Waals surface area contributed by atoms with Crippen LogP contribution in [0, 0.1) is 0 Å². The summed E-state index contributed by atoms with van der Waals surface area (Å²) in [7, 11) is 0. The Morgan fingerprint density at radius 1 is 0.931 bits per heavy atom. The predicted molar refractivity (Wildman–Crippen MR) is 99.3 cm³/mol. The second-order valence-corrected chi connectivity index (χ2v) is 6.39. The molecule has 0 spiro atoms. The summed E-state index contributed by atoms with van der Waals surface area (Å²) in [5.41, 5.74) is 10.8. The number of nitrogens with one attached hydrogen (secondary N) is 3. The van der Waals surface area contributed by atoms with Crippen LogP contribution in [0.1, 0.15) is 32.6 Å². The Morgan fingerprint density at radius 2 is 1.55 bits per heavy atom. The van der Waals surface area contributed by atoms with Crippen molar-refractivity contribution in [3.8, 4) is 0 Å². The highest BCUT2D eigenvalue weighted by Gasteiger charge is 2.31. The molecule has 4 atom stereocenters. The molecule has 29 heavy (non-hydrogen) atoms. The molecule has 0 bridgehead atoms. The molecule has 0 aliphatic carbocycles. The van der Waals surface area contributed by atoms with Crippen LogP contribution < -0.4 is 27.4 Å². The van der Waals surface area contributed by atoms with E-state index in [-0.39, 0.29) is 6.42 Å². The Hall–Kier alpha value is -2.77. The molecule has 0 radical (unpaired) electrons. The van der Waals surface area contributed by atoms with Crippen LogP contribution in [0.5, 0.6) is 0 Å². The Labute approximate surface area is 167 Å². The van der Waals surface area contributed by atoms with Gasteiger partial charge in [0.15, 0.2) is 0 Å². The van der Waals surface area contributed by atoms with E-state index in [0.29, 0.717) is 19.4 Å². The number of amides is 3. The third kappa shape index (κ3) is 11.0. The molecule has 0 aromatic carbocycles. The zero-order valence-electron chi connectivity index (χ0n) is 16.1. The molecule has 0 saturated carbocycles. The van der Waals surface area contributed by atoms with Gasteiger partial charge in [0.2, 0.25) is 17.7 Å². The average molecular weight is 419 g/mol. The highest BCUT2D eigenvalue weighted by molar-refractivity contribution is 5.94. The van der Waals surface area contributed by atoms with E-state index < -0.39 is 66.9 Å². The fourth-order valence-corrected chi connectivity index (χ4v) is 2.26. The van der Waals surface area contributed by atoms with Gasteiger partial charge in [-0.1, -0.05) is 0 Å². The molecule has 3 amide bonds. The third-order valence-electron chi connectivity index (χ3n) is 3.79. The Balaban J connectivity index is 5.15. The lowest BCUT2D eigenvalue weighted by molar-refractivity contribution is -0.140. The number of hydrogen-bond donors (Lipinski definition) is 8. The number of aliphatic carboxylic acids is 2. The number of carboxylic acids is 2. The van der Waals surface area contributed by atoms with Gasteiger partial charge < -0.3 is 42.7 Å². The van der Waals surface area contributed by atoms with Crippen LogP contribution in [0.3, 0.4) is 0 Å². The molecule has 0 heterocycles. The van der Waals surface area contributed by atoms with Crippen LogP contribution in [-0.4, -0.2) is 82.3 Å². The molecule has 0 saturated heterocycles. The number of rotatable bonds is 14. The SMILES string of the molecule is CC(O)C(NC(=O)C(N)CC(=O)O)C(=O)NC(CCCCN)C(=O)NCC(=O)O. The van der Waals surface area contributed by atoms with Gasteiger partial charge in [-0.05, 0) is 32.7 Å². The summed E-state index contributed by atoms with van der Waals surface area (Å²) in [6, 6.07) is -4.08. The van der Waals surface area contributed by atoms with Gasteiger partial charge in [-0.25, -0.2) is 0 Å². The topological polar surface area (TPSA) is 234 Å². The molecular weight excluding hydrogens is 390 g/mol. The van der Waals surface area contributed by atoms with Crippen LogP contribution in [0.2, 0.25) is 0 Å². The van der Waals surface area contributed by atoms with Gasteiger partial charge in [0.05, 0.1) is 18.6 Å². The lowest BCUT2D eigenvalue weighted by Gasteiger charge is -2.25. The number of aliphatic hydroxyl groups excluding tert-OH is 1. The number of hydrogen-bond acceptors (Lipinski definition) is 8. The zero-order valence-corrected chi connectivity index (χ0v) is 16.1. The number of unbranched alkanes of at least 4 members (excludes halogenated alkanes) is 1. The molecule has 4 unspecified atom stereocenters. The van der Waals surface area contributed by atoms with E-state index in [1.54, 1.807) is 0 Å². The molecule has 0 aromatic heterocycles. The van der Waals surface area contributed by atoms with E-state index in [1.165, 1.54) is 6.92 Å². The van der Waals surface area contributed by atoms with Gasteiger partial charge in [-0.15, -0.1) is 0 Å². The third-order valence-corrected chi connectivity index (χ3v) is 3.79. The van der Waals surface area contributed by atoms with Crippen molar-refractivity contribution in [1.29, 1.82) is 0 Å². The summed E-state index contributed by atoms with van der Waals surface area (Å²) >= 11 is 0. The minimum Gasteiger partial charge on any atom is -0.481 e. The van der Waals surface area contributed by atoms with Crippen molar-refractivity contribution in [1.82, 2.24) is 16.0 Å². The maximum Gasteiger partial charge on any atom is 0.322 e. The molecule has 0 aliphatic rings. The summed E-state index contributed by atoms with van der Waals surface area (Å²) in [5.74, 6) is -5.23. The Kier molecular flexibility index (Phi) is 12.1. The van der Waals surface area contributed by atoms with Crippen molar-refractivity contribution < 1.29 is 39.3 Å². The van der Waals surface area contributed by atoms with Gasteiger partial charge >= 0.3 is 11.9 Å². The molecule has 166 valence electrons. The average Bonchev–Trinajstić information content (AvgIpc) is 2.62. The fourth-order valence-electron chi connectivity index (χ4n) is 2.26. The van der Waals surface area contributed by atoms with Crippen molar-refractivity contribution in [3.05, 3.63) is 0 Å². The second kappa shape index (κ2) is 13.4. The van der Waals surface area contributed by atoms with Gasteiger partial charge in [-0.2, -0.15) is 0 Å². The van der Waals surface area contributed by atoms with E-state index in [0.717, 1.165) is 0 Å². The summed E-state index contributed by atoms with van der Waals surface area (Å²) < 4.78 is 0. The first-order chi connectivity index (χ1) is 13.5. The molecule has 0 aromatic rings. The number of carboxylic acid groups (broad SMARTS) is 2.